The van der Waals surface area contributed by atoms with Crippen LogP contribution in [0.15, 0.2) is 0 Å². The van der Waals surface area contributed by atoms with E-state index in [0.717, 1.165) is 4.90 Å². The molecule has 1 aliphatic rings. The molecule has 1 aliphatic heterocycles. The number of ether oxygens (including phenoxy) is 2. The third kappa shape index (κ3) is 2.88. The van der Waals surface area contributed by atoms with Crippen molar-refractivity contribution in [1.82, 2.24) is 4.90 Å². The highest BCUT2D eigenvalue weighted by molar-refractivity contribution is 5.84. The van der Waals surface area contributed by atoms with E-state index >= 15 is 0 Å². The Hall–Kier alpha value is -1.30. The van der Waals surface area contributed by atoms with E-state index in [1.165, 1.54) is 7.05 Å². The highest BCUT2D eigenvalue weighted by Gasteiger charge is 2.49. The molecule has 1 heterocycles. The van der Waals surface area contributed by atoms with Crippen molar-refractivity contribution in [3.8, 4) is 0 Å². The smallest absolute Gasteiger partial charge is 0.411 e. The lowest BCUT2D eigenvalue weighted by atomic mass is 9.97. The maximum Gasteiger partial charge on any atom is 0.411 e. The molecule has 17 heavy (non-hydrogen) atoms. The molecule has 0 saturated carbocycles. The number of carbonyl (C=O) groups is 2. The Morgan fingerprint density at radius 3 is 2.35 bits per heavy atom. The molecule has 1 amide bonds. The molecule has 1 atom stereocenters. The summed E-state index contributed by atoms with van der Waals surface area (Å²) in [5, 5.41) is 9.25. The zero-order valence-corrected chi connectivity index (χ0v) is 10.6. The Labute approximate surface area is 100 Å². The lowest BCUT2D eigenvalue weighted by Gasteiger charge is -2.34. The summed E-state index contributed by atoms with van der Waals surface area (Å²) in [6, 6.07) is 0. The fourth-order valence-electron chi connectivity index (χ4n) is 1.64. The number of carbonyl (C=O) groups excluding carboxylic acids is 1. The van der Waals surface area contributed by atoms with E-state index in [4.69, 9.17) is 9.47 Å². The van der Waals surface area contributed by atoms with Gasteiger partial charge in [-0.3, -0.25) is 4.90 Å². The van der Waals surface area contributed by atoms with Gasteiger partial charge < -0.3 is 14.6 Å². The molecule has 0 bridgehead atoms. The van der Waals surface area contributed by atoms with Gasteiger partial charge in [0, 0.05) is 20.1 Å². The molecule has 0 aromatic heterocycles. The molecule has 6 heteroatoms. The summed E-state index contributed by atoms with van der Waals surface area (Å²) < 4.78 is 10.2. The first-order valence-corrected chi connectivity index (χ1v) is 5.47. The third-order valence-electron chi connectivity index (χ3n) is 2.71. The Kier molecular flexibility index (Phi) is 3.66. The van der Waals surface area contributed by atoms with Crippen LogP contribution in [0, 0.1) is 0 Å². The average molecular weight is 245 g/mol. The second-order valence-electron chi connectivity index (χ2n) is 5.18. The lowest BCUT2D eigenvalue weighted by Crippen LogP contribution is -2.56. The van der Waals surface area contributed by atoms with Crippen molar-refractivity contribution in [2.24, 2.45) is 0 Å². The number of carboxylic acids is 1. The number of amides is 1. The van der Waals surface area contributed by atoms with Crippen LogP contribution in [-0.4, -0.2) is 53.5 Å². The number of nitrogens with zero attached hydrogens (tertiary/aromatic N) is 1. The van der Waals surface area contributed by atoms with E-state index in [1.807, 2.05) is 0 Å². The molecule has 98 valence electrons. The van der Waals surface area contributed by atoms with E-state index in [-0.39, 0.29) is 13.0 Å². The Morgan fingerprint density at radius 1 is 1.41 bits per heavy atom. The van der Waals surface area contributed by atoms with E-state index in [1.54, 1.807) is 20.8 Å². The monoisotopic (exact) mass is 245 g/mol. The minimum absolute atomic E-state index is 0.00191. The molecule has 0 spiro atoms. The van der Waals surface area contributed by atoms with Gasteiger partial charge in [0.25, 0.3) is 0 Å². The van der Waals surface area contributed by atoms with Crippen LogP contribution in [-0.2, 0) is 14.3 Å². The molecule has 1 fully saturated rings. The van der Waals surface area contributed by atoms with Gasteiger partial charge in [-0.05, 0) is 20.8 Å². The predicted octanol–water partition coefficient (Wildman–Crippen LogP) is 1.10. The Bertz CT molecular complexity index is 314. The Morgan fingerprint density at radius 2 is 2.00 bits per heavy atom. The average Bonchev–Trinajstić information content (AvgIpc) is 2.63. The molecule has 0 aromatic carbocycles. The van der Waals surface area contributed by atoms with Crippen molar-refractivity contribution >= 4 is 12.1 Å². The zero-order valence-electron chi connectivity index (χ0n) is 10.6. The summed E-state index contributed by atoms with van der Waals surface area (Å²) in [6.07, 6.45) is -0.372. The van der Waals surface area contributed by atoms with Crippen LogP contribution in [0.1, 0.15) is 27.2 Å². The zero-order chi connectivity index (χ0) is 13.3. The second-order valence-corrected chi connectivity index (χ2v) is 5.18. The van der Waals surface area contributed by atoms with Crippen LogP contribution in [0.5, 0.6) is 0 Å². The van der Waals surface area contributed by atoms with E-state index in [2.05, 4.69) is 0 Å². The van der Waals surface area contributed by atoms with Crippen LogP contribution in [0.2, 0.25) is 0 Å². The van der Waals surface area contributed by atoms with Crippen molar-refractivity contribution < 1.29 is 24.2 Å². The predicted molar refractivity (Wildman–Crippen MR) is 59.8 cm³/mol. The minimum Gasteiger partial charge on any atom is -0.479 e. The van der Waals surface area contributed by atoms with Gasteiger partial charge in [-0.25, -0.2) is 9.59 Å². The fourth-order valence-corrected chi connectivity index (χ4v) is 1.64. The van der Waals surface area contributed by atoms with Crippen LogP contribution < -0.4 is 0 Å². The van der Waals surface area contributed by atoms with Crippen LogP contribution in [0.4, 0.5) is 4.79 Å². The van der Waals surface area contributed by atoms with Gasteiger partial charge in [0.1, 0.15) is 5.60 Å². The number of aliphatic carboxylic acids is 1. The molecule has 0 aromatic rings. The van der Waals surface area contributed by atoms with Crippen molar-refractivity contribution in [1.29, 1.82) is 0 Å². The van der Waals surface area contributed by atoms with Gasteiger partial charge in [0.15, 0.2) is 5.54 Å². The minimum atomic E-state index is -1.30. The standard InChI is InChI=1S/C11H19NO5/c1-10(2,3)17-9(15)12(4)11(8(13)14)5-6-16-7-11/h5-7H2,1-4H3,(H,13,14)/t11-/m0/s1. The summed E-state index contributed by atoms with van der Waals surface area (Å²) in [4.78, 5) is 24.3. The molecule has 1 N–H and O–H groups in total. The van der Waals surface area contributed by atoms with Crippen molar-refractivity contribution in [2.75, 3.05) is 20.3 Å². The van der Waals surface area contributed by atoms with Gasteiger partial charge in [-0.1, -0.05) is 0 Å². The Balaban J connectivity index is 2.83. The SMILES string of the molecule is CN(C(=O)OC(C)(C)C)[C@@]1(C(=O)O)CCOC1. The van der Waals surface area contributed by atoms with Crippen molar-refractivity contribution in [3.63, 3.8) is 0 Å². The summed E-state index contributed by atoms with van der Waals surface area (Å²) in [5.74, 6) is -1.07. The summed E-state index contributed by atoms with van der Waals surface area (Å²) in [5.41, 5.74) is -1.95. The summed E-state index contributed by atoms with van der Waals surface area (Å²) in [6.45, 7) is 5.53. The van der Waals surface area contributed by atoms with Gasteiger partial charge in [0.2, 0.25) is 0 Å². The van der Waals surface area contributed by atoms with Gasteiger partial charge >= 0.3 is 12.1 Å². The molecule has 0 radical (unpaired) electrons. The normalized spacial score (nSPS) is 24.5. The highest BCUT2D eigenvalue weighted by Crippen LogP contribution is 2.27. The largest absolute Gasteiger partial charge is 0.479 e. The molecule has 6 nitrogen and oxygen atoms in total. The first-order valence-electron chi connectivity index (χ1n) is 5.47. The highest BCUT2D eigenvalue weighted by atomic mass is 16.6. The van der Waals surface area contributed by atoms with Gasteiger partial charge in [-0.15, -0.1) is 0 Å². The first kappa shape index (κ1) is 13.8. The third-order valence-corrected chi connectivity index (χ3v) is 2.71. The summed E-state index contributed by atoms with van der Waals surface area (Å²) >= 11 is 0. The maximum absolute atomic E-state index is 11.8. The molecule has 1 saturated heterocycles. The second kappa shape index (κ2) is 4.52. The lowest BCUT2D eigenvalue weighted by molar-refractivity contribution is -0.150. The molecular weight excluding hydrogens is 226 g/mol. The first-order chi connectivity index (χ1) is 7.69. The number of hydrogen-bond acceptors (Lipinski definition) is 4. The molecule has 0 unspecified atom stereocenters. The number of carboxylic acid groups (broad SMARTS) is 1. The number of rotatable bonds is 2. The number of likely N-dealkylation sites (N-methyl/N-ethyl adjacent to an activating group) is 1. The van der Waals surface area contributed by atoms with Crippen LogP contribution in [0.25, 0.3) is 0 Å². The quantitative estimate of drug-likeness (QED) is 0.788. The molecule has 0 aliphatic carbocycles. The van der Waals surface area contributed by atoms with E-state index in [0.29, 0.717) is 6.61 Å². The van der Waals surface area contributed by atoms with Crippen molar-refractivity contribution in [2.45, 2.75) is 38.3 Å². The van der Waals surface area contributed by atoms with Crippen LogP contribution >= 0.6 is 0 Å². The van der Waals surface area contributed by atoms with E-state index in [9.17, 15) is 14.7 Å². The fraction of sp³-hybridized carbons (Fsp3) is 0.818. The number of hydrogen-bond donors (Lipinski definition) is 1. The summed E-state index contributed by atoms with van der Waals surface area (Å²) in [7, 11) is 1.43. The molecule has 1 rings (SSSR count). The topological polar surface area (TPSA) is 76.1 Å². The maximum atomic E-state index is 11.8. The molecular formula is C11H19NO5. The van der Waals surface area contributed by atoms with E-state index < -0.39 is 23.2 Å². The van der Waals surface area contributed by atoms with Crippen molar-refractivity contribution in [3.05, 3.63) is 0 Å². The van der Waals surface area contributed by atoms with Gasteiger partial charge in [-0.2, -0.15) is 0 Å². The van der Waals surface area contributed by atoms with Crippen LogP contribution in [0.3, 0.4) is 0 Å². The van der Waals surface area contributed by atoms with Gasteiger partial charge in [0.05, 0.1) is 6.61 Å².